The molecule has 0 spiro atoms. The van der Waals surface area contributed by atoms with Crippen LogP contribution in [0, 0.1) is 0 Å². The molecular formula is C18H19N5O3. The summed E-state index contributed by atoms with van der Waals surface area (Å²) in [5.74, 6) is 0.318. The van der Waals surface area contributed by atoms with Crippen LogP contribution in [0.25, 0.3) is 11.3 Å². The molecule has 1 amide bonds. The second-order valence-corrected chi connectivity index (χ2v) is 6.54. The number of nitrogens with zero attached hydrogens (tertiary/aromatic N) is 4. The average molecular weight is 353 g/mol. The summed E-state index contributed by atoms with van der Waals surface area (Å²) in [5, 5.41) is 24.3. The second-order valence-electron chi connectivity index (χ2n) is 6.54. The Morgan fingerprint density at radius 1 is 1.35 bits per heavy atom. The van der Waals surface area contributed by atoms with E-state index in [1.807, 2.05) is 30.3 Å². The zero-order chi connectivity index (χ0) is 18.1. The first-order valence-electron chi connectivity index (χ1n) is 8.53. The molecule has 1 aliphatic rings. The molecule has 0 saturated heterocycles. The van der Waals surface area contributed by atoms with Crippen LogP contribution >= 0.6 is 0 Å². The topological polar surface area (TPSA) is 106 Å². The van der Waals surface area contributed by atoms with E-state index < -0.39 is 6.10 Å². The van der Waals surface area contributed by atoms with Crippen molar-refractivity contribution in [3.05, 3.63) is 54.0 Å². The predicted octanol–water partition coefficient (Wildman–Crippen LogP) is 2.12. The molecule has 0 aliphatic heterocycles. The van der Waals surface area contributed by atoms with E-state index in [2.05, 4.69) is 20.8 Å². The Morgan fingerprint density at radius 3 is 2.81 bits per heavy atom. The normalized spacial score (nSPS) is 20.4. The first-order chi connectivity index (χ1) is 12.6. The van der Waals surface area contributed by atoms with Crippen molar-refractivity contribution < 1.29 is 14.4 Å². The number of rotatable bonds is 5. The van der Waals surface area contributed by atoms with Crippen LogP contribution < -0.4 is 5.32 Å². The van der Waals surface area contributed by atoms with Gasteiger partial charge in [0, 0.05) is 17.7 Å². The lowest BCUT2D eigenvalue weighted by molar-refractivity contribution is 0.0878. The fourth-order valence-electron chi connectivity index (χ4n) is 2.96. The van der Waals surface area contributed by atoms with Gasteiger partial charge in [-0.3, -0.25) is 4.79 Å². The van der Waals surface area contributed by atoms with Gasteiger partial charge < -0.3 is 14.9 Å². The predicted molar refractivity (Wildman–Crippen MR) is 92.1 cm³/mol. The van der Waals surface area contributed by atoms with E-state index in [-0.39, 0.29) is 23.7 Å². The Bertz CT molecular complexity index is 896. The highest BCUT2D eigenvalue weighted by atomic mass is 16.5. The van der Waals surface area contributed by atoms with E-state index in [1.54, 1.807) is 23.9 Å². The maximum atomic E-state index is 12.3. The van der Waals surface area contributed by atoms with Crippen LogP contribution in [-0.2, 0) is 0 Å². The van der Waals surface area contributed by atoms with Gasteiger partial charge in [0.1, 0.15) is 5.69 Å². The van der Waals surface area contributed by atoms with Gasteiger partial charge in [0.15, 0.2) is 11.5 Å². The molecule has 0 radical (unpaired) electrons. The molecule has 1 aromatic carbocycles. The lowest BCUT2D eigenvalue weighted by Crippen LogP contribution is -2.45. The summed E-state index contributed by atoms with van der Waals surface area (Å²) in [6, 6.07) is 11.4. The molecule has 3 aromatic rings. The maximum Gasteiger partial charge on any atom is 0.273 e. The summed E-state index contributed by atoms with van der Waals surface area (Å²) in [5.41, 5.74) is 1.70. The first-order valence-corrected chi connectivity index (χ1v) is 8.53. The Morgan fingerprint density at radius 2 is 2.12 bits per heavy atom. The smallest absolute Gasteiger partial charge is 0.273 e. The number of aliphatic hydroxyl groups excluding tert-OH is 1. The highest BCUT2D eigenvalue weighted by Crippen LogP contribution is 2.32. The minimum Gasteiger partial charge on any atom is -0.387 e. The first kappa shape index (κ1) is 16.5. The molecule has 8 nitrogen and oxygen atoms in total. The summed E-state index contributed by atoms with van der Waals surface area (Å²) < 4.78 is 7.01. The minimum absolute atomic E-state index is 0.0589. The summed E-state index contributed by atoms with van der Waals surface area (Å²) in [6.07, 6.45) is 2.64. The van der Waals surface area contributed by atoms with Crippen molar-refractivity contribution in [2.45, 2.75) is 38.0 Å². The van der Waals surface area contributed by atoms with E-state index in [9.17, 15) is 9.90 Å². The van der Waals surface area contributed by atoms with Crippen molar-refractivity contribution in [1.29, 1.82) is 0 Å². The Kier molecular flexibility index (Phi) is 4.26. The van der Waals surface area contributed by atoms with E-state index in [1.165, 1.54) is 0 Å². The third-order valence-electron chi connectivity index (χ3n) is 4.58. The fraction of sp³-hybridized carbons (Fsp3) is 0.333. The molecule has 8 heteroatoms. The molecule has 1 atom stereocenters. The number of nitrogens with one attached hydrogen (secondary N) is 1. The molecule has 2 aromatic heterocycles. The zero-order valence-corrected chi connectivity index (χ0v) is 14.2. The number of amides is 1. The molecule has 2 N–H and O–H groups in total. The van der Waals surface area contributed by atoms with Crippen LogP contribution in [0.2, 0.25) is 0 Å². The number of aromatic nitrogens is 4. The SMILES string of the molecule is C[C@@H](O)c1cn([C@H]2C[C@@H](NC(=O)c3cc(-c4ccccc4)on3)C2)nn1. The zero-order valence-electron chi connectivity index (χ0n) is 14.2. The molecule has 134 valence electrons. The molecule has 4 rings (SSSR count). The largest absolute Gasteiger partial charge is 0.387 e. The molecule has 2 heterocycles. The monoisotopic (exact) mass is 353 g/mol. The van der Waals surface area contributed by atoms with E-state index in [0.29, 0.717) is 11.5 Å². The average Bonchev–Trinajstić information content (AvgIpc) is 3.28. The van der Waals surface area contributed by atoms with Gasteiger partial charge in [-0.1, -0.05) is 40.7 Å². The van der Waals surface area contributed by atoms with Crippen LogP contribution in [-0.4, -0.2) is 37.2 Å². The van der Waals surface area contributed by atoms with Gasteiger partial charge >= 0.3 is 0 Å². The summed E-state index contributed by atoms with van der Waals surface area (Å²) in [4.78, 5) is 12.3. The van der Waals surface area contributed by atoms with Crippen LogP contribution in [0.15, 0.2) is 47.1 Å². The number of aliphatic hydroxyl groups is 1. The van der Waals surface area contributed by atoms with Gasteiger partial charge in [0.05, 0.1) is 18.3 Å². The quantitative estimate of drug-likeness (QED) is 0.728. The third-order valence-corrected chi connectivity index (χ3v) is 4.58. The fourth-order valence-corrected chi connectivity index (χ4v) is 2.96. The molecule has 0 bridgehead atoms. The van der Waals surface area contributed by atoms with Gasteiger partial charge in [-0.15, -0.1) is 5.10 Å². The van der Waals surface area contributed by atoms with Crippen molar-refractivity contribution in [1.82, 2.24) is 25.5 Å². The number of hydrogen-bond acceptors (Lipinski definition) is 6. The number of carbonyl (C=O) groups is 1. The standard InChI is InChI=1S/C18H19N5O3/c1-11(24)16-10-23(22-20-16)14-7-13(8-14)19-18(25)15-9-17(26-21-15)12-5-3-2-4-6-12/h2-6,9-11,13-14,24H,7-8H2,1H3,(H,19,25)/t11-,13-,14+/m1/s1. The number of carbonyl (C=O) groups excluding carboxylic acids is 1. The number of benzene rings is 1. The number of hydrogen-bond donors (Lipinski definition) is 2. The van der Waals surface area contributed by atoms with Crippen molar-refractivity contribution >= 4 is 5.91 Å². The lowest BCUT2D eigenvalue weighted by atomic mass is 9.87. The van der Waals surface area contributed by atoms with Crippen molar-refractivity contribution in [3.8, 4) is 11.3 Å². The van der Waals surface area contributed by atoms with E-state index in [4.69, 9.17) is 4.52 Å². The Hall–Kier alpha value is -3.00. The molecule has 1 saturated carbocycles. The van der Waals surface area contributed by atoms with Crippen LogP contribution in [0.1, 0.15) is 48.1 Å². The summed E-state index contributed by atoms with van der Waals surface area (Å²) in [6.45, 7) is 1.65. The summed E-state index contributed by atoms with van der Waals surface area (Å²) in [7, 11) is 0. The second kappa shape index (κ2) is 6.72. The molecule has 1 fully saturated rings. The Labute approximate surface area is 149 Å². The van der Waals surface area contributed by atoms with Crippen LogP contribution in [0.5, 0.6) is 0 Å². The molecule has 1 aliphatic carbocycles. The van der Waals surface area contributed by atoms with Crippen LogP contribution in [0.3, 0.4) is 0 Å². The Balaban J connectivity index is 1.33. The van der Waals surface area contributed by atoms with Crippen LogP contribution in [0.4, 0.5) is 0 Å². The summed E-state index contributed by atoms with van der Waals surface area (Å²) >= 11 is 0. The van der Waals surface area contributed by atoms with Gasteiger partial charge in [-0.05, 0) is 19.8 Å². The van der Waals surface area contributed by atoms with Crippen molar-refractivity contribution in [2.75, 3.05) is 0 Å². The van der Waals surface area contributed by atoms with Crippen molar-refractivity contribution in [3.63, 3.8) is 0 Å². The van der Waals surface area contributed by atoms with Crippen molar-refractivity contribution in [2.24, 2.45) is 0 Å². The van der Waals surface area contributed by atoms with Gasteiger partial charge in [0.25, 0.3) is 5.91 Å². The molecule has 26 heavy (non-hydrogen) atoms. The highest BCUT2D eigenvalue weighted by molar-refractivity contribution is 5.93. The lowest BCUT2D eigenvalue weighted by Gasteiger charge is -2.35. The highest BCUT2D eigenvalue weighted by Gasteiger charge is 2.33. The van der Waals surface area contributed by atoms with Gasteiger partial charge in [-0.2, -0.15) is 0 Å². The molecule has 0 unspecified atom stereocenters. The molecular weight excluding hydrogens is 334 g/mol. The van der Waals surface area contributed by atoms with E-state index in [0.717, 1.165) is 18.4 Å². The minimum atomic E-state index is -0.634. The third kappa shape index (κ3) is 3.23. The van der Waals surface area contributed by atoms with Gasteiger partial charge in [0.2, 0.25) is 0 Å². The van der Waals surface area contributed by atoms with Gasteiger partial charge in [-0.25, -0.2) is 4.68 Å². The maximum absolute atomic E-state index is 12.3. The van der Waals surface area contributed by atoms with E-state index >= 15 is 0 Å².